The first kappa shape index (κ1) is 18.5. The summed E-state index contributed by atoms with van der Waals surface area (Å²) in [7, 11) is 1.89. The normalized spacial score (nSPS) is 29.8. The molecule has 23 heavy (non-hydrogen) atoms. The molecule has 3 rings (SSSR count). The van der Waals surface area contributed by atoms with Crippen LogP contribution in [0.25, 0.3) is 0 Å². The zero-order valence-corrected chi connectivity index (χ0v) is 17.0. The Balaban J connectivity index is 0.00000192. The fraction of sp³-hybridized carbons (Fsp3) is 0.765. The second-order valence-electron chi connectivity index (χ2n) is 7.61. The number of hydrogen-bond donors (Lipinski definition) is 1. The van der Waals surface area contributed by atoms with Gasteiger partial charge in [-0.2, -0.15) is 0 Å². The Labute approximate surface area is 157 Å². The number of hydrogen-bond acceptors (Lipinski definition) is 2. The number of piperidine rings is 1. The molecule has 0 bridgehead atoms. The summed E-state index contributed by atoms with van der Waals surface area (Å²) in [6.45, 7) is 10.2. The van der Waals surface area contributed by atoms with E-state index >= 15 is 0 Å². The van der Waals surface area contributed by atoms with E-state index in [4.69, 9.17) is 0 Å². The van der Waals surface area contributed by atoms with E-state index in [0.717, 1.165) is 31.5 Å². The number of aliphatic imine (C=N–C) groups is 1. The predicted octanol–water partition coefficient (Wildman–Crippen LogP) is 3.01. The highest BCUT2D eigenvalue weighted by Gasteiger charge is 2.45. The molecular weight excluding hydrogens is 401 g/mol. The number of aromatic nitrogens is 2. The van der Waals surface area contributed by atoms with Crippen LogP contribution in [0, 0.1) is 17.3 Å². The Morgan fingerprint density at radius 3 is 2.74 bits per heavy atom. The SMILES string of the molecule is CN=C(NCC1CC1(C)C)N1CCC(C)C(n2ccnc2)C1.I. The van der Waals surface area contributed by atoms with Gasteiger partial charge in [0.1, 0.15) is 0 Å². The van der Waals surface area contributed by atoms with Gasteiger partial charge in [-0.15, -0.1) is 24.0 Å². The van der Waals surface area contributed by atoms with Crippen LogP contribution in [0.15, 0.2) is 23.7 Å². The molecule has 3 unspecified atom stereocenters. The zero-order chi connectivity index (χ0) is 15.7. The molecule has 1 saturated carbocycles. The smallest absolute Gasteiger partial charge is 0.193 e. The summed E-state index contributed by atoms with van der Waals surface area (Å²) in [6.07, 6.45) is 8.40. The Bertz CT molecular complexity index is 525. The molecule has 5 nitrogen and oxygen atoms in total. The Hall–Kier alpha value is -0.790. The van der Waals surface area contributed by atoms with Crippen LogP contribution in [-0.2, 0) is 0 Å². The maximum absolute atomic E-state index is 4.51. The second kappa shape index (κ2) is 7.40. The first-order valence-electron chi connectivity index (χ1n) is 8.44. The van der Waals surface area contributed by atoms with Crippen LogP contribution in [0.3, 0.4) is 0 Å². The lowest BCUT2D eigenvalue weighted by Gasteiger charge is -2.39. The number of nitrogens with zero attached hydrogens (tertiary/aromatic N) is 4. The van der Waals surface area contributed by atoms with E-state index in [2.05, 4.69) is 51.7 Å². The molecule has 6 heteroatoms. The molecule has 1 N–H and O–H groups in total. The molecule has 0 aromatic carbocycles. The summed E-state index contributed by atoms with van der Waals surface area (Å²) in [4.78, 5) is 11.1. The third-order valence-corrected chi connectivity index (χ3v) is 5.56. The summed E-state index contributed by atoms with van der Waals surface area (Å²) in [5.74, 6) is 2.52. The average molecular weight is 431 g/mol. The number of likely N-dealkylation sites (tertiary alicyclic amines) is 1. The third kappa shape index (κ3) is 4.19. The van der Waals surface area contributed by atoms with Gasteiger partial charge in [0.2, 0.25) is 0 Å². The summed E-state index contributed by atoms with van der Waals surface area (Å²) >= 11 is 0. The largest absolute Gasteiger partial charge is 0.356 e. The van der Waals surface area contributed by atoms with Crippen LogP contribution in [0.2, 0.25) is 0 Å². The van der Waals surface area contributed by atoms with Crippen LogP contribution in [0.5, 0.6) is 0 Å². The minimum absolute atomic E-state index is 0. The molecule has 0 amide bonds. The molecule has 1 aromatic heterocycles. The van der Waals surface area contributed by atoms with Crippen LogP contribution in [-0.4, -0.2) is 47.1 Å². The van der Waals surface area contributed by atoms with Crippen LogP contribution in [0.1, 0.15) is 39.7 Å². The zero-order valence-electron chi connectivity index (χ0n) is 14.7. The third-order valence-electron chi connectivity index (χ3n) is 5.56. The van der Waals surface area contributed by atoms with Crippen LogP contribution >= 0.6 is 24.0 Å². The average Bonchev–Trinajstić information content (AvgIpc) is 2.92. The lowest BCUT2D eigenvalue weighted by molar-refractivity contribution is 0.189. The molecule has 3 atom stereocenters. The summed E-state index contributed by atoms with van der Waals surface area (Å²) < 4.78 is 2.24. The number of rotatable bonds is 3. The fourth-order valence-electron chi connectivity index (χ4n) is 3.57. The van der Waals surface area contributed by atoms with Crippen molar-refractivity contribution in [2.75, 3.05) is 26.7 Å². The van der Waals surface area contributed by atoms with Gasteiger partial charge in [0.25, 0.3) is 0 Å². The van der Waals surface area contributed by atoms with E-state index in [9.17, 15) is 0 Å². The van der Waals surface area contributed by atoms with Crippen molar-refractivity contribution in [3.05, 3.63) is 18.7 Å². The second-order valence-corrected chi connectivity index (χ2v) is 7.61. The molecule has 2 fully saturated rings. The number of halogens is 1. The Morgan fingerprint density at radius 2 is 2.17 bits per heavy atom. The highest BCUT2D eigenvalue weighted by atomic mass is 127. The maximum atomic E-state index is 4.51. The molecule has 1 aliphatic heterocycles. The van der Waals surface area contributed by atoms with Gasteiger partial charge in [-0.25, -0.2) is 4.98 Å². The summed E-state index contributed by atoms with van der Waals surface area (Å²) in [6, 6.07) is 0.479. The maximum Gasteiger partial charge on any atom is 0.193 e. The quantitative estimate of drug-likeness (QED) is 0.455. The Morgan fingerprint density at radius 1 is 1.43 bits per heavy atom. The van der Waals surface area contributed by atoms with Crippen LogP contribution < -0.4 is 5.32 Å². The highest BCUT2D eigenvalue weighted by Crippen LogP contribution is 2.51. The summed E-state index contributed by atoms with van der Waals surface area (Å²) in [5.41, 5.74) is 0.515. The fourth-order valence-corrected chi connectivity index (χ4v) is 3.57. The number of imidazole rings is 1. The van der Waals surface area contributed by atoms with Crippen molar-refractivity contribution < 1.29 is 0 Å². The van der Waals surface area contributed by atoms with Gasteiger partial charge in [-0.1, -0.05) is 20.8 Å². The van der Waals surface area contributed by atoms with Crippen molar-refractivity contribution in [3.8, 4) is 0 Å². The number of guanidine groups is 1. The molecule has 1 aliphatic carbocycles. The van der Waals surface area contributed by atoms with Crippen molar-refractivity contribution in [2.45, 2.75) is 39.7 Å². The van der Waals surface area contributed by atoms with Crippen molar-refractivity contribution >= 4 is 29.9 Å². The van der Waals surface area contributed by atoms with E-state index in [1.807, 2.05) is 19.6 Å². The van der Waals surface area contributed by atoms with E-state index < -0.39 is 0 Å². The van der Waals surface area contributed by atoms with E-state index in [-0.39, 0.29) is 24.0 Å². The molecule has 0 radical (unpaired) electrons. The minimum atomic E-state index is 0. The van der Waals surface area contributed by atoms with Crippen molar-refractivity contribution in [1.82, 2.24) is 19.8 Å². The molecule has 2 aliphatic rings. The van der Waals surface area contributed by atoms with E-state index in [0.29, 0.717) is 17.4 Å². The lowest BCUT2D eigenvalue weighted by atomic mass is 9.93. The standard InChI is InChI=1S/C17H29N5.HI/c1-13-5-7-21(11-15(13)22-8-6-19-12-22)16(18-4)20-10-14-9-17(14,2)3;/h6,8,12-15H,5,7,9-11H2,1-4H3,(H,18,20);1H. The molecule has 2 heterocycles. The molecular formula is C17H30IN5. The van der Waals surface area contributed by atoms with Gasteiger partial charge < -0.3 is 14.8 Å². The first-order chi connectivity index (χ1) is 10.5. The molecule has 130 valence electrons. The lowest BCUT2D eigenvalue weighted by Crippen LogP contribution is -2.49. The van der Waals surface area contributed by atoms with E-state index in [1.165, 1.54) is 12.8 Å². The van der Waals surface area contributed by atoms with Crippen LogP contribution in [0.4, 0.5) is 0 Å². The number of nitrogens with one attached hydrogen (secondary N) is 1. The van der Waals surface area contributed by atoms with Gasteiger partial charge in [-0.3, -0.25) is 4.99 Å². The molecule has 0 spiro atoms. The van der Waals surface area contributed by atoms with Gasteiger partial charge >= 0.3 is 0 Å². The van der Waals surface area contributed by atoms with Gasteiger partial charge in [0.05, 0.1) is 12.4 Å². The highest BCUT2D eigenvalue weighted by molar-refractivity contribution is 14.0. The monoisotopic (exact) mass is 431 g/mol. The topological polar surface area (TPSA) is 45.5 Å². The molecule has 1 aromatic rings. The van der Waals surface area contributed by atoms with Crippen molar-refractivity contribution in [2.24, 2.45) is 22.2 Å². The predicted molar refractivity (Wildman–Crippen MR) is 105 cm³/mol. The summed E-state index contributed by atoms with van der Waals surface area (Å²) in [5, 5.41) is 3.59. The van der Waals surface area contributed by atoms with Gasteiger partial charge in [0, 0.05) is 39.1 Å². The van der Waals surface area contributed by atoms with Crippen molar-refractivity contribution in [3.63, 3.8) is 0 Å². The minimum Gasteiger partial charge on any atom is -0.356 e. The first-order valence-corrected chi connectivity index (χ1v) is 8.44. The van der Waals surface area contributed by atoms with Gasteiger partial charge in [0.15, 0.2) is 5.96 Å². The Kier molecular flexibility index (Phi) is 5.97. The molecule has 1 saturated heterocycles. The van der Waals surface area contributed by atoms with E-state index in [1.54, 1.807) is 0 Å². The van der Waals surface area contributed by atoms with Crippen molar-refractivity contribution in [1.29, 1.82) is 0 Å². The van der Waals surface area contributed by atoms with Gasteiger partial charge in [-0.05, 0) is 30.1 Å².